The molecule has 0 fully saturated rings. The number of aldehydes is 1. The molecule has 3 aromatic carbocycles. The summed E-state index contributed by atoms with van der Waals surface area (Å²) in [5.74, 6) is -0.841. The molecule has 10 nitrogen and oxygen atoms in total. The number of amides is 5. The van der Waals surface area contributed by atoms with Crippen molar-refractivity contribution < 1.29 is 28.8 Å². The van der Waals surface area contributed by atoms with Gasteiger partial charge in [0.05, 0.1) is 11.4 Å². The third kappa shape index (κ3) is 10.3. The zero-order valence-electron chi connectivity index (χ0n) is 23.3. The van der Waals surface area contributed by atoms with Crippen LogP contribution in [0, 0.1) is 0 Å². The molecule has 0 aliphatic heterocycles. The summed E-state index contributed by atoms with van der Waals surface area (Å²) in [5, 5.41) is 5.87. The van der Waals surface area contributed by atoms with Crippen LogP contribution in [0.5, 0.6) is 0 Å². The van der Waals surface area contributed by atoms with Gasteiger partial charge < -0.3 is 10.6 Å². The molecule has 0 heterocycles. The van der Waals surface area contributed by atoms with E-state index in [4.69, 9.17) is 0 Å². The number of anilines is 2. The van der Waals surface area contributed by atoms with E-state index < -0.39 is 0 Å². The average molecular weight is 559 g/mol. The number of hydrogen-bond acceptors (Lipinski definition) is 7. The Labute approximate surface area is 239 Å². The fourth-order valence-corrected chi connectivity index (χ4v) is 3.69. The van der Waals surface area contributed by atoms with Crippen molar-refractivity contribution in [2.45, 2.75) is 26.7 Å². The predicted octanol–water partition coefficient (Wildman–Crippen LogP) is 2.94. The molecule has 0 aliphatic carbocycles. The van der Waals surface area contributed by atoms with Gasteiger partial charge in [-0.15, -0.1) is 0 Å². The molecule has 214 valence electrons. The van der Waals surface area contributed by atoms with E-state index >= 15 is 0 Å². The molecule has 0 spiro atoms. The zero-order chi connectivity index (χ0) is 30.2. The zero-order valence-corrected chi connectivity index (χ0v) is 23.3. The number of nitrogens with zero attached hydrogens (tertiary/aromatic N) is 2. The van der Waals surface area contributed by atoms with E-state index in [9.17, 15) is 28.8 Å². The van der Waals surface area contributed by atoms with E-state index in [2.05, 4.69) is 10.6 Å². The van der Waals surface area contributed by atoms with E-state index in [0.717, 1.165) is 34.6 Å². The third-order valence-electron chi connectivity index (χ3n) is 5.99. The maximum atomic E-state index is 12.0. The highest BCUT2D eigenvalue weighted by atomic mass is 16.2. The SMILES string of the molecule is CC(=O)N(C=O)c1ccc(CCNC(=O)c2ccc(C=O)cc2)cc1.CNCCc1ccc(N(C=O)C(C)=O)cc1. The van der Waals surface area contributed by atoms with Crippen LogP contribution in [-0.4, -0.2) is 57.0 Å². The van der Waals surface area contributed by atoms with Crippen molar-refractivity contribution in [3.8, 4) is 0 Å². The largest absolute Gasteiger partial charge is 0.352 e. The number of hydrogen-bond donors (Lipinski definition) is 2. The number of benzene rings is 3. The van der Waals surface area contributed by atoms with Crippen molar-refractivity contribution in [2.24, 2.45) is 0 Å². The van der Waals surface area contributed by atoms with Gasteiger partial charge in [0, 0.05) is 31.5 Å². The molecular formula is C31H34N4O6. The predicted molar refractivity (Wildman–Crippen MR) is 157 cm³/mol. The Morgan fingerprint density at radius 3 is 1.46 bits per heavy atom. The average Bonchev–Trinajstić information content (AvgIpc) is 2.98. The first-order valence-corrected chi connectivity index (χ1v) is 12.9. The smallest absolute Gasteiger partial charge is 0.251 e. The van der Waals surface area contributed by atoms with Crippen LogP contribution in [0.4, 0.5) is 11.4 Å². The first-order valence-electron chi connectivity index (χ1n) is 12.9. The van der Waals surface area contributed by atoms with Crippen LogP contribution in [0.2, 0.25) is 0 Å². The van der Waals surface area contributed by atoms with E-state index in [1.165, 1.54) is 19.4 Å². The molecule has 0 saturated carbocycles. The van der Waals surface area contributed by atoms with Crippen LogP contribution in [0.1, 0.15) is 45.7 Å². The molecule has 0 unspecified atom stereocenters. The summed E-state index contributed by atoms with van der Waals surface area (Å²) in [6.45, 7) is 4.03. The molecule has 3 aromatic rings. The molecule has 0 saturated heterocycles. The fraction of sp³-hybridized carbons (Fsp3) is 0.226. The topological polar surface area (TPSA) is 133 Å². The standard InChI is InChI=1S/C19H18N2O4.C12H16N2O2/c1-14(24)21(13-23)18-8-4-15(5-9-18)10-11-20-19(25)17-6-2-16(12-22)3-7-17;1-10(16)14(9-15)12-5-3-11(4-6-12)7-8-13-2/h2-9,12-13H,10-11H2,1H3,(H,20,25);3-6,9,13H,7-8H2,1-2H3. The van der Waals surface area contributed by atoms with Gasteiger partial charge in [0.15, 0.2) is 0 Å². The fourth-order valence-electron chi connectivity index (χ4n) is 3.69. The number of rotatable bonds is 12. The highest BCUT2D eigenvalue weighted by Gasteiger charge is 2.10. The van der Waals surface area contributed by atoms with Gasteiger partial charge in [-0.25, -0.2) is 0 Å². The number of likely N-dealkylation sites (N-methyl/N-ethyl adjacent to an activating group) is 1. The van der Waals surface area contributed by atoms with E-state index in [-0.39, 0.29) is 17.7 Å². The van der Waals surface area contributed by atoms with Crippen LogP contribution in [-0.2, 0) is 32.0 Å². The molecule has 3 rings (SSSR count). The second-order valence-electron chi connectivity index (χ2n) is 8.92. The molecule has 2 N–H and O–H groups in total. The third-order valence-corrected chi connectivity index (χ3v) is 5.99. The molecule has 10 heteroatoms. The summed E-state index contributed by atoms with van der Waals surface area (Å²) in [7, 11) is 1.90. The van der Waals surface area contributed by atoms with Crippen LogP contribution >= 0.6 is 0 Å². The highest BCUT2D eigenvalue weighted by Crippen LogP contribution is 2.15. The maximum absolute atomic E-state index is 12.0. The summed E-state index contributed by atoms with van der Waals surface area (Å²) < 4.78 is 0. The number of imide groups is 2. The lowest BCUT2D eigenvalue weighted by Crippen LogP contribution is -2.26. The van der Waals surface area contributed by atoms with Crippen molar-refractivity contribution in [2.75, 3.05) is 29.9 Å². The van der Waals surface area contributed by atoms with Crippen LogP contribution in [0.25, 0.3) is 0 Å². The van der Waals surface area contributed by atoms with Gasteiger partial charge >= 0.3 is 0 Å². The number of carbonyl (C=O) groups excluding carboxylic acids is 6. The summed E-state index contributed by atoms with van der Waals surface area (Å²) in [4.78, 5) is 68.7. The Morgan fingerprint density at radius 2 is 1.10 bits per heavy atom. The lowest BCUT2D eigenvalue weighted by atomic mass is 10.1. The molecule has 0 aromatic heterocycles. The Bertz CT molecular complexity index is 1320. The summed E-state index contributed by atoms with van der Waals surface area (Å²) in [6, 6.07) is 20.8. The molecule has 41 heavy (non-hydrogen) atoms. The molecule has 0 aliphatic rings. The monoisotopic (exact) mass is 558 g/mol. The lowest BCUT2D eigenvalue weighted by Gasteiger charge is -2.13. The summed E-state index contributed by atoms with van der Waals surface area (Å²) >= 11 is 0. The first-order chi connectivity index (χ1) is 19.7. The van der Waals surface area contributed by atoms with Crippen LogP contribution < -0.4 is 20.4 Å². The van der Waals surface area contributed by atoms with Gasteiger partial charge in [-0.05, 0) is 74.0 Å². The van der Waals surface area contributed by atoms with Crippen molar-refractivity contribution >= 4 is 48.2 Å². The molecule has 0 atom stereocenters. The van der Waals surface area contributed by atoms with E-state index in [0.29, 0.717) is 48.3 Å². The van der Waals surface area contributed by atoms with E-state index in [1.54, 1.807) is 60.7 Å². The van der Waals surface area contributed by atoms with Gasteiger partial charge in [-0.3, -0.25) is 38.6 Å². The van der Waals surface area contributed by atoms with Crippen molar-refractivity contribution in [3.05, 3.63) is 95.1 Å². The number of carbonyl (C=O) groups is 6. The Morgan fingerprint density at radius 1 is 0.659 bits per heavy atom. The first kappa shape index (κ1) is 32.3. The highest BCUT2D eigenvalue weighted by molar-refractivity contribution is 6.06. The van der Waals surface area contributed by atoms with Gasteiger partial charge in [0.25, 0.3) is 5.91 Å². The second-order valence-corrected chi connectivity index (χ2v) is 8.92. The van der Waals surface area contributed by atoms with Crippen molar-refractivity contribution in [1.29, 1.82) is 0 Å². The van der Waals surface area contributed by atoms with Gasteiger partial charge in [0.2, 0.25) is 24.6 Å². The minimum Gasteiger partial charge on any atom is -0.352 e. The summed E-state index contributed by atoms with van der Waals surface area (Å²) in [5.41, 5.74) is 4.26. The number of nitrogens with one attached hydrogen (secondary N) is 2. The minimum absolute atomic E-state index is 0.210. The van der Waals surface area contributed by atoms with Crippen molar-refractivity contribution in [3.63, 3.8) is 0 Å². The molecular weight excluding hydrogens is 524 g/mol. The Kier molecular flexibility index (Phi) is 13.3. The molecule has 5 amide bonds. The maximum Gasteiger partial charge on any atom is 0.251 e. The van der Waals surface area contributed by atoms with Gasteiger partial charge in [0.1, 0.15) is 6.29 Å². The molecule has 0 radical (unpaired) electrons. The molecule has 0 bridgehead atoms. The normalized spacial score (nSPS) is 9.93. The van der Waals surface area contributed by atoms with Crippen molar-refractivity contribution in [1.82, 2.24) is 10.6 Å². The van der Waals surface area contributed by atoms with E-state index in [1.807, 2.05) is 19.2 Å². The Balaban J connectivity index is 0.000000317. The van der Waals surface area contributed by atoms with Crippen LogP contribution in [0.15, 0.2) is 72.8 Å². The summed E-state index contributed by atoms with van der Waals surface area (Å²) in [6.07, 6.45) is 3.28. The Hall–Kier alpha value is -4.96. The van der Waals surface area contributed by atoms with Gasteiger partial charge in [-0.1, -0.05) is 36.4 Å². The minimum atomic E-state index is -0.351. The van der Waals surface area contributed by atoms with Gasteiger partial charge in [-0.2, -0.15) is 0 Å². The van der Waals surface area contributed by atoms with Crippen LogP contribution in [0.3, 0.4) is 0 Å². The quantitative estimate of drug-likeness (QED) is 0.327. The lowest BCUT2D eigenvalue weighted by molar-refractivity contribution is -0.121. The second kappa shape index (κ2) is 16.9.